The molecule has 8 nitrogen and oxygen atoms in total. The molecule has 2 N–H and O–H groups in total. The first-order valence-corrected chi connectivity index (χ1v) is 14.7. The number of carbonyl (C=O) groups is 2. The van der Waals surface area contributed by atoms with Crippen molar-refractivity contribution in [3.05, 3.63) is 35.3 Å². The molecule has 37 heavy (non-hydrogen) atoms. The van der Waals surface area contributed by atoms with Crippen LogP contribution >= 0.6 is 11.8 Å². The first-order chi connectivity index (χ1) is 18.0. The second-order valence-electron chi connectivity index (χ2n) is 11.6. The van der Waals surface area contributed by atoms with Gasteiger partial charge in [-0.15, -0.1) is 11.8 Å². The zero-order valence-corrected chi connectivity index (χ0v) is 21.9. The number of carboxylic acid groups (broad SMARTS) is 1. The van der Waals surface area contributed by atoms with Crippen molar-refractivity contribution in [1.29, 1.82) is 0 Å². The van der Waals surface area contributed by atoms with E-state index in [0.717, 1.165) is 49.9 Å². The van der Waals surface area contributed by atoms with E-state index in [1.54, 1.807) is 23.9 Å². The number of hydrogen-bond acceptors (Lipinski definition) is 7. The Kier molecular flexibility index (Phi) is 6.90. The third-order valence-corrected chi connectivity index (χ3v) is 10.1. The van der Waals surface area contributed by atoms with Crippen molar-refractivity contribution in [1.82, 2.24) is 15.5 Å². The topological polar surface area (TPSA) is 115 Å². The summed E-state index contributed by atoms with van der Waals surface area (Å²) in [7, 11) is 0. The van der Waals surface area contributed by atoms with Crippen molar-refractivity contribution >= 4 is 23.6 Å². The molecule has 0 radical (unpaired) electrons. The van der Waals surface area contributed by atoms with Crippen LogP contribution in [0.1, 0.15) is 97.4 Å². The number of carbonyl (C=O) groups excluding carboxylic acids is 1. The molecule has 2 aromatic heterocycles. The number of nitrogens with zero attached hydrogens (tertiary/aromatic N) is 2. The van der Waals surface area contributed by atoms with Gasteiger partial charge in [-0.05, 0) is 86.4 Å². The quantitative estimate of drug-likeness (QED) is 0.440. The van der Waals surface area contributed by atoms with Gasteiger partial charge in [0.15, 0.2) is 0 Å². The monoisotopic (exact) mass is 525 g/mol. The minimum Gasteiger partial charge on any atom is -0.477 e. The van der Waals surface area contributed by atoms with Gasteiger partial charge in [0.1, 0.15) is 10.6 Å². The van der Waals surface area contributed by atoms with E-state index < -0.39 is 5.97 Å². The third kappa shape index (κ3) is 5.38. The van der Waals surface area contributed by atoms with Crippen LogP contribution in [0.15, 0.2) is 27.6 Å². The van der Waals surface area contributed by atoms with Gasteiger partial charge in [-0.1, -0.05) is 25.3 Å². The highest BCUT2D eigenvalue weighted by Crippen LogP contribution is 2.55. The molecule has 1 amide bonds. The maximum Gasteiger partial charge on any atom is 0.354 e. The summed E-state index contributed by atoms with van der Waals surface area (Å²) in [5.41, 5.74) is 0.536. The maximum atomic E-state index is 13.6. The first-order valence-electron chi connectivity index (χ1n) is 13.8. The number of pyridine rings is 1. The summed E-state index contributed by atoms with van der Waals surface area (Å²) in [5.74, 6) is 1.62. The van der Waals surface area contributed by atoms with Crippen molar-refractivity contribution < 1.29 is 24.0 Å². The SMILES string of the molecule is O=C(O)c1cccc(CCOc2noc(C(=O)NC34CC5CC(CC(C5)C3)C4)c2SC2CCCCC2)n1. The Labute approximate surface area is 221 Å². The van der Waals surface area contributed by atoms with Crippen LogP contribution in [0.25, 0.3) is 0 Å². The molecular weight excluding hydrogens is 490 g/mol. The third-order valence-electron chi connectivity index (χ3n) is 8.70. The summed E-state index contributed by atoms with van der Waals surface area (Å²) in [4.78, 5) is 29.7. The molecule has 0 aromatic carbocycles. The zero-order valence-electron chi connectivity index (χ0n) is 21.1. The molecule has 7 rings (SSSR count). The van der Waals surface area contributed by atoms with E-state index in [2.05, 4.69) is 15.5 Å². The van der Waals surface area contributed by atoms with Crippen LogP contribution < -0.4 is 10.1 Å². The molecule has 2 aromatic rings. The smallest absolute Gasteiger partial charge is 0.354 e. The van der Waals surface area contributed by atoms with Gasteiger partial charge in [-0.25, -0.2) is 9.78 Å². The number of aromatic carboxylic acids is 1. The van der Waals surface area contributed by atoms with Crippen molar-refractivity contribution in [2.45, 2.75) is 92.7 Å². The molecule has 0 unspecified atom stereocenters. The highest BCUT2D eigenvalue weighted by Gasteiger charge is 2.52. The molecule has 0 spiro atoms. The Balaban J connectivity index is 1.17. The minimum absolute atomic E-state index is 0.0103. The number of amides is 1. The highest BCUT2D eigenvalue weighted by atomic mass is 32.2. The molecule has 198 valence electrons. The molecule has 0 atom stereocenters. The van der Waals surface area contributed by atoms with Gasteiger partial charge in [0.25, 0.3) is 11.8 Å². The van der Waals surface area contributed by atoms with Gasteiger partial charge in [-0.2, -0.15) is 0 Å². The van der Waals surface area contributed by atoms with Crippen molar-refractivity contribution in [2.24, 2.45) is 17.8 Å². The van der Waals surface area contributed by atoms with Gasteiger partial charge in [-0.3, -0.25) is 4.79 Å². The molecule has 4 bridgehead atoms. The van der Waals surface area contributed by atoms with E-state index in [9.17, 15) is 14.7 Å². The number of nitrogens with one attached hydrogen (secondary N) is 1. The fourth-order valence-corrected chi connectivity index (χ4v) is 8.85. The Morgan fingerprint density at radius 3 is 2.46 bits per heavy atom. The van der Waals surface area contributed by atoms with E-state index in [0.29, 0.717) is 28.1 Å². The van der Waals surface area contributed by atoms with Gasteiger partial charge in [0.2, 0.25) is 5.76 Å². The lowest BCUT2D eigenvalue weighted by atomic mass is 9.53. The van der Waals surface area contributed by atoms with Gasteiger partial charge in [0.05, 0.1) is 6.61 Å². The van der Waals surface area contributed by atoms with E-state index in [4.69, 9.17) is 9.26 Å². The average Bonchev–Trinajstić information content (AvgIpc) is 3.26. The Morgan fingerprint density at radius 1 is 1.08 bits per heavy atom. The Morgan fingerprint density at radius 2 is 1.78 bits per heavy atom. The summed E-state index contributed by atoms with van der Waals surface area (Å²) in [5, 5.41) is 17.2. The molecule has 9 heteroatoms. The van der Waals surface area contributed by atoms with E-state index in [1.165, 1.54) is 44.6 Å². The second-order valence-corrected chi connectivity index (χ2v) is 12.9. The molecule has 2 heterocycles. The molecule has 5 aliphatic carbocycles. The maximum absolute atomic E-state index is 13.6. The lowest BCUT2D eigenvalue weighted by molar-refractivity contribution is -0.0173. The summed E-state index contributed by atoms with van der Waals surface area (Å²) in [6.45, 7) is 0.261. The fraction of sp³-hybridized carbons (Fsp3) is 0.643. The normalized spacial score (nSPS) is 28.8. The summed E-state index contributed by atoms with van der Waals surface area (Å²) in [6, 6.07) is 4.93. The van der Waals surface area contributed by atoms with Crippen molar-refractivity contribution in [3.63, 3.8) is 0 Å². The van der Waals surface area contributed by atoms with E-state index in [1.807, 2.05) is 0 Å². The summed E-state index contributed by atoms with van der Waals surface area (Å²) in [6.07, 6.45) is 13.5. The number of rotatable bonds is 9. The standard InChI is InChI=1S/C28H35N3O5S/c32-25(30-28-14-17-11-18(15-28)13-19(12-17)16-28)23-24(37-21-6-2-1-3-7-21)26(31-36-23)35-10-9-20-5-4-8-22(29-20)27(33)34/h4-5,8,17-19,21H,1-3,6-7,9-16H2,(H,30,32)(H,33,34). The molecule has 5 fully saturated rings. The Bertz CT molecular complexity index is 1120. The number of ether oxygens (including phenoxy) is 1. The number of aromatic nitrogens is 2. The molecular formula is C28H35N3O5S. The average molecular weight is 526 g/mol. The lowest BCUT2D eigenvalue weighted by Crippen LogP contribution is -2.59. The molecule has 5 saturated carbocycles. The molecule has 0 saturated heterocycles. The number of carboxylic acids is 1. The lowest BCUT2D eigenvalue weighted by Gasteiger charge is -2.56. The largest absolute Gasteiger partial charge is 0.477 e. The number of thioether (sulfide) groups is 1. The zero-order chi connectivity index (χ0) is 25.4. The second kappa shape index (κ2) is 10.3. The van der Waals surface area contributed by atoms with Crippen molar-refractivity contribution in [3.8, 4) is 5.88 Å². The van der Waals surface area contributed by atoms with E-state index >= 15 is 0 Å². The Hall–Kier alpha value is -2.55. The molecule has 0 aliphatic heterocycles. The predicted octanol–water partition coefficient (Wildman–Crippen LogP) is 5.51. The predicted molar refractivity (Wildman–Crippen MR) is 138 cm³/mol. The highest BCUT2D eigenvalue weighted by molar-refractivity contribution is 8.00. The van der Waals surface area contributed by atoms with Crippen molar-refractivity contribution in [2.75, 3.05) is 6.61 Å². The van der Waals surface area contributed by atoms with Crippen LogP contribution in [-0.2, 0) is 6.42 Å². The van der Waals surface area contributed by atoms with Crippen LogP contribution in [0.3, 0.4) is 0 Å². The van der Waals surface area contributed by atoms with E-state index in [-0.39, 0.29) is 29.5 Å². The van der Waals surface area contributed by atoms with Crippen LogP contribution in [0.4, 0.5) is 0 Å². The summed E-state index contributed by atoms with van der Waals surface area (Å²) < 4.78 is 11.7. The van der Waals surface area contributed by atoms with Crippen LogP contribution in [0.5, 0.6) is 5.88 Å². The van der Waals surface area contributed by atoms with Crippen LogP contribution in [-0.4, -0.2) is 44.5 Å². The van der Waals surface area contributed by atoms with Gasteiger partial charge in [0, 0.05) is 22.9 Å². The van der Waals surface area contributed by atoms with Gasteiger partial charge < -0.3 is 19.7 Å². The van der Waals surface area contributed by atoms with Crippen LogP contribution in [0.2, 0.25) is 0 Å². The molecule has 5 aliphatic rings. The fourth-order valence-electron chi connectivity index (χ4n) is 7.51. The van der Waals surface area contributed by atoms with Crippen LogP contribution in [0, 0.1) is 17.8 Å². The minimum atomic E-state index is -1.06. The number of hydrogen-bond donors (Lipinski definition) is 2. The first kappa shape index (κ1) is 24.8. The summed E-state index contributed by atoms with van der Waals surface area (Å²) >= 11 is 1.66. The van der Waals surface area contributed by atoms with Gasteiger partial charge >= 0.3 is 5.97 Å².